The van der Waals surface area contributed by atoms with Gasteiger partial charge in [0, 0.05) is 17.5 Å². The Morgan fingerprint density at radius 1 is 0.953 bits per heavy atom. The number of thioether (sulfide) groups is 1. The third-order valence-electron chi connectivity index (χ3n) is 7.02. The van der Waals surface area contributed by atoms with Crippen molar-refractivity contribution in [3.8, 4) is 11.5 Å². The zero-order valence-corrected chi connectivity index (χ0v) is 27.2. The minimum atomic E-state index is -4.17. The van der Waals surface area contributed by atoms with Gasteiger partial charge in [0.15, 0.2) is 0 Å². The molecule has 2 atom stereocenters. The highest BCUT2D eigenvalue weighted by Gasteiger charge is 2.33. The number of carbonyl (C=O) groups excluding carboxylic acids is 2. The van der Waals surface area contributed by atoms with Gasteiger partial charge in [-0.05, 0) is 99.7 Å². The van der Waals surface area contributed by atoms with Gasteiger partial charge in [-0.3, -0.25) is 13.9 Å². The van der Waals surface area contributed by atoms with Crippen LogP contribution in [0.4, 0.5) is 5.69 Å². The van der Waals surface area contributed by atoms with Gasteiger partial charge in [0.1, 0.15) is 24.1 Å². The Labute approximate surface area is 259 Å². The van der Waals surface area contributed by atoms with E-state index in [9.17, 15) is 18.0 Å². The molecule has 0 saturated heterocycles. The molecular weight excluding hydrogens is 587 g/mol. The summed E-state index contributed by atoms with van der Waals surface area (Å²) in [4.78, 5) is 29.7. The Bertz CT molecular complexity index is 1460. The maximum atomic E-state index is 14.1. The largest absolute Gasteiger partial charge is 0.497 e. The number of anilines is 1. The SMILES string of the molecule is CCOc1ccc(N(CC(=O)N(Cc2cccc(OC)c2)[C@@H](C)C(=O)N[C@@H](C)CC)S(=O)(=O)c2ccc(SC)cc2)cc1. The Morgan fingerprint density at radius 3 is 2.21 bits per heavy atom. The minimum absolute atomic E-state index is 0.0499. The molecule has 2 amide bonds. The van der Waals surface area contributed by atoms with Crippen LogP contribution in [0, 0.1) is 0 Å². The van der Waals surface area contributed by atoms with E-state index < -0.39 is 28.5 Å². The summed E-state index contributed by atoms with van der Waals surface area (Å²) in [5.74, 6) is 0.324. The molecule has 0 fully saturated rings. The summed E-state index contributed by atoms with van der Waals surface area (Å²) in [6, 6.07) is 19.3. The van der Waals surface area contributed by atoms with E-state index >= 15 is 0 Å². The van der Waals surface area contributed by atoms with E-state index in [4.69, 9.17) is 9.47 Å². The van der Waals surface area contributed by atoms with Crippen LogP contribution in [0.25, 0.3) is 0 Å². The maximum absolute atomic E-state index is 14.1. The van der Waals surface area contributed by atoms with Gasteiger partial charge in [0.05, 0.1) is 24.3 Å². The van der Waals surface area contributed by atoms with Crippen LogP contribution in [0.3, 0.4) is 0 Å². The number of carbonyl (C=O) groups is 2. The second-order valence-corrected chi connectivity index (χ2v) is 12.7. The van der Waals surface area contributed by atoms with Crippen molar-refractivity contribution in [1.82, 2.24) is 10.2 Å². The highest BCUT2D eigenvalue weighted by atomic mass is 32.2. The summed E-state index contributed by atoms with van der Waals surface area (Å²) in [6.45, 7) is 7.36. The van der Waals surface area contributed by atoms with Crippen LogP contribution in [0.5, 0.6) is 11.5 Å². The van der Waals surface area contributed by atoms with Crippen molar-refractivity contribution in [3.05, 3.63) is 78.4 Å². The molecule has 0 spiro atoms. The van der Waals surface area contributed by atoms with Crippen LogP contribution in [-0.2, 0) is 26.2 Å². The van der Waals surface area contributed by atoms with Crippen LogP contribution in [0.15, 0.2) is 82.6 Å². The normalized spacial score (nSPS) is 12.6. The quantitative estimate of drug-likeness (QED) is 0.227. The Kier molecular flexibility index (Phi) is 12.3. The van der Waals surface area contributed by atoms with E-state index in [-0.39, 0.29) is 23.4 Å². The summed E-state index contributed by atoms with van der Waals surface area (Å²) in [7, 11) is -2.62. The second-order valence-electron chi connectivity index (χ2n) is 9.98. The lowest BCUT2D eigenvalue weighted by Crippen LogP contribution is -2.52. The number of hydrogen-bond acceptors (Lipinski definition) is 7. The molecule has 232 valence electrons. The van der Waals surface area contributed by atoms with E-state index in [1.165, 1.54) is 28.8 Å². The predicted octanol–water partition coefficient (Wildman–Crippen LogP) is 5.34. The number of sulfonamides is 1. The average Bonchev–Trinajstić information content (AvgIpc) is 3.02. The van der Waals surface area contributed by atoms with Gasteiger partial charge >= 0.3 is 0 Å². The Balaban J connectivity index is 2.04. The van der Waals surface area contributed by atoms with Crippen molar-refractivity contribution in [2.45, 2.75) is 62.5 Å². The lowest BCUT2D eigenvalue weighted by atomic mass is 10.1. The fourth-order valence-corrected chi connectivity index (χ4v) is 6.12. The van der Waals surface area contributed by atoms with Gasteiger partial charge in [0.2, 0.25) is 11.8 Å². The zero-order chi connectivity index (χ0) is 31.6. The van der Waals surface area contributed by atoms with E-state index in [1.54, 1.807) is 68.6 Å². The molecule has 11 heteroatoms. The number of hydrogen-bond donors (Lipinski definition) is 1. The highest BCUT2D eigenvalue weighted by molar-refractivity contribution is 7.98. The molecular formula is C32H41N3O6S2. The second kappa shape index (κ2) is 15.7. The monoisotopic (exact) mass is 627 g/mol. The fourth-order valence-electron chi connectivity index (χ4n) is 4.29. The lowest BCUT2D eigenvalue weighted by molar-refractivity contribution is -0.139. The molecule has 0 aliphatic heterocycles. The van der Waals surface area contributed by atoms with Gasteiger partial charge < -0.3 is 19.7 Å². The van der Waals surface area contributed by atoms with Crippen molar-refractivity contribution < 1.29 is 27.5 Å². The molecule has 1 N–H and O–H groups in total. The molecule has 0 bridgehead atoms. The zero-order valence-electron chi connectivity index (χ0n) is 25.6. The van der Waals surface area contributed by atoms with Crippen LogP contribution >= 0.6 is 11.8 Å². The lowest BCUT2D eigenvalue weighted by Gasteiger charge is -2.32. The highest BCUT2D eigenvalue weighted by Crippen LogP contribution is 2.28. The molecule has 0 saturated carbocycles. The summed E-state index contributed by atoms with van der Waals surface area (Å²) < 4.78 is 40.1. The van der Waals surface area contributed by atoms with Crippen LogP contribution in [0.2, 0.25) is 0 Å². The fraction of sp³-hybridized carbons (Fsp3) is 0.375. The van der Waals surface area contributed by atoms with Crippen LogP contribution in [-0.4, -0.2) is 63.7 Å². The van der Waals surface area contributed by atoms with E-state index in [0.29, 0.717) is 23.8 Å². The molecule has 3 rings (SSSR count). The van der Waals surface area contributed by atoms with Crippen molar-refractivity contribution in [2.75, 3.05) is 30.8 Å². The third-order valence-corrected chi connectivity index (χ3v) is 9.55. The molecule has 0 aromatic heterocycles. The third kappa shape index (κ3) is 8.90. The first-order valence-electron chi connectivity index (χ1n) is 14.2. The molecule has 0 radical (unpaired) electrons. The number of amides is 2. The summed E-state index contributed by atoms with van der Waals surface area (Å²) in [5, 5.41) is 2.94. The number of rotatable bonds is 15. The molecule has 0 aliphatic carbocycles. The van der Waals surface area contributed by atoms with Gasteiger partial charge in [-0.15, -0.1) is 11.8 Å². The minimum Gasteiger partial charge on any atom is -0.497 e. The number of benzene rings is 3. The summed E-state index contributed by atoms with van der Waals surface area (Å²) in [6.07, 6.45) is 2.63. The number of nitrogens with zero attached hydrogens (tertiary/aromatic N) is 2. The molecule has 3 aromatic rings. The molecule has 0 unspecified atom stereocenters. The smallest absolute Gasteiger partial charge is 0.264 e. The van der Waals surface area contributed by atoms with Crippen LogP contribution in [0.1, 0.15) is 39.7 Å². The van der Waals surface area contributed by atoms with Crippen molar-refractivity contribution in [3.63, 3.8) is 0 Å². The molecule has 3 aromatic carbocycles. The predicted molar refractivity (Wildman–Crippen MR) is 171 cm³/mol. The first-order valence-corrected chi connectivity index (χ1v) is 16.8. The topological polar surface area (TPSA) is 105 Å². The van der Waals surface area contributed by atoms with E-state index in [1.807, 2.05) is 33.1 Å². The van der Waals surface area contributed by atoms with Gasteiger partial charge in [-0.2, -0.15) is 0 Å². The van der Waals surface area contributed by atoms with Gasteiger partial charge in [-0.1, -0.05) is 19.1 Å². The number of nitrogens with one attached hydrogen (secondary N) is 1. The van der Waals surface area contributed by atoms with Gasteiger partial charge in [-0.25, -0.2) is 8.42 Å². The van der Waals surface area contributed by atoms with Crippen molar-refractivity contribution in [2.24, 2.45) is 0 Å². The average molecular weight is 628 g/mol. The van der Waals surface area contributed by atoms with Gasteiger partial charge in [0.25, 0.3) is 10.0 Å². The molecule has 0 heterocycles. The van der Waals surface area contributed by atoms with Crippen molar-refractivity contribution >= 4 is 39.3 Å². The first-order chi connectivity index (χ1) is 20.5. The molecule has 9 nitrogen and oxygen atoms in total. The summed E-state index contributed by atoms with van der Waals surface area (Å²) in [5.41, 5.74) is 1.03. The molecule has 43 heavy (non-hydrogen) atoms. The number of ether oxygens (including phenoxy) is 2. The number of methoxy groups -OCH3 is 1. The van der Waals surface area contributed by atoms with E-state index in [2.05, 4.69) is 5.32 Å². The standard InChI is InChI=1S/C32H41N3O6S2/c1-7-23(3)33-32(37)24(4)34(21-25-10-9-11-28(20-25)40-5)31(36)22-35(26-12-14-27(15-13-26)41-8-2)43(38,39)30-18-16-29(42-6)17-19-30/h9-20,23-24H,7-8,21-22H2,1-6H3,(H,33,37)/t23-,24-/m0/s1. The first kappa shape index (κ1) is 33.8. The molecule has 0 aliphatic rings. The van der Waals surface area contributed by atoms with Crippen LogP contribution < -0.4 is 19.1 Å². The van der Waals surface area contributed by atoms with Crippen molar-refractivity contribution in [1.29, 1.82) is 0 Å². The van der Waals surface area contributed by atoms with E-state index in [0.717, 1.165) is 21.2 Å². The Morgan fingerprint density at radius 2 is 1.63 bits per heavy atom. The summed E-state index contributed by atoms with van der Waals surface area (Å²) >= 11 is 1.50. The maximum Gasteiger partial charge on any atom is 0.264 e. The Hall–Kier alpha value is -3.70.